The second kappa shape index (κ2) is 4.77. The lowest BCUT2D eigenvalue weighted by Crippen LogP contribution is -2.28. The smallest absolute Gasteiger partial charge is 0.337 e. The lowest BCUT2D eigenvalue weighted by atomic mass is 10.0. The first-order chi connectivity index (χ1) is 7.06. The van der Waals surface area contributed by atoms with Crippen LogP contribution >= 0.6 is 0 Å². The highest BCUT2D eigenvalue weighted by atomic mass is 16.5. The molecule has 0 aliphatic rings. The van der Waals surface area contributed by atoms with Crippen LogP contribution in [0.25, 0.3) is 0 Å². The van der Waals surface area contributed by atoms with Crippen molar-refractivity contribution in [2.75, 3.05) is 7.11 Å². The summed E-state index contributed by atoms with van der Waals surface area (Å²) in [4.78, 5) is 10.9. The zero-order chi connectivity index (χ0) is 11.4. The fourth-order valence-electron chi connectivity index (χ4n) is 1.10. The molecule has 0 spiro atoms. The number of phenols is 1. The van der Waals surface area contributed by atoms with Crippen LogP contribution in [0.4, 0.5) is 0 Å². The summed E-state index contributed by atoms with van der Waals surface area (Å²) in [6.45, 7) is 0. The molecule has 0 bridgehead atoms. The molecule has 1 rings (SSSR count). The molecule has 0 aromatic heterocycles. The molecule has 0 aliphatic carbocycles. The van der Waals surface area contributed by atoms with Crippen LogP contribution in [0.3, 0.4) is 0 Å². The molecule has 0 saturated heterocycles. The highest BCUT2D eigenvalue weighted by molar-refractivity contribution is 5.75. The van der Waals surface area contributed by atoms with E-state index in [1.807, 2.05) is 0 Å². The van der Waals surface area contributed by atoms with Gasteiger partial charge in [0.25, 0.3) is 0 Å². The highest BCUT2D eigenvalue weighted by Gasteiger charge is 2.26. The van der Waals surface area contributed by atoms with Gasteiger partial charge in [-0.3, -0.25) is 0 Å². The molecule has 1 aromatic carbocycles. The summed E-state index contributed by atoms with van der Waals surface area (Å²) in [7, 11) is 1.12. The van der Waals surface area contributed by atoms with E-state index in [1.165, 1.54) is 24.3 Å². The van der Waals surface area contributed by atoms with E-state index >= 15 is 0 Å². The van der Waals surface area contributed by atoms with Crippen LogP contribution in [0.5, 0.6) is 5.75 Å². The molecule has 1 aromatic rings. The Balaban J connectivity index is 2.80. The maximum Gasteiger partial charge on any atom is 0.337 e. The van der Waals surface area contributed by atoms with Crippen molar-refractivity contribution in [2.45, 2.75) is 12.2 Å². The van der Waals surface area contributed by atoms with Gasteiger partial charge in [0.1, 0.15) is 11.9 Å². The number of ether oxygens (including phenoxy) is 1. The molecule has 3 N–H and O–H groups in total. The highest BCUT2D eigenvalue weighted by Crippen LogP contribution is 2.20. The standard InChI is InChI=1S/C10H12O5/c1-15-10(14)9(13)8(12)6-2-4-7(11)5-3-6/h2-5,8-9,11-13H,1H3. The van der Waals surface area contributed by atoms with Gasteiger partial charge in [0, 0.05) is 0 Å². The molecule has 0 amide bonds. The number of aliphatic hydroxyl groups excluding tert-OH is 2. The van der Waals surface area contributed by atoms with E-state index in [0.29, 0.717) is 5.56 Å². The number of aliphatic hydroxyl groups is 2. The third-order valence-electron chi connectivity index (χ3n) is 1.98. The first kappa shape index (κ1) is 11.5. The number of aromatic hydroxyl groups is 1. The summed E-state index contributed by atoms with van der Waals surface area (Å²) in [6.07, 6.45) is -2.99. The van der Waals surface area contributed by atoms with E-state index in [2.05, 4.69) is 4.74 Å². The minimum absolute atomic E-state index is 0.0403. The van der Waals surface area contributed by atoms with Gasteiger partial charge < -0.3 is 20.1 Å². The second-order valence-corrected chi connectivity index (χ2v) is 3.00. The van der Waals surface area contributed by atoms with Crippen LogP contribution < -0.4 is 0 Å². The molecular weight excluding hydrogens is 200 g/mol. The van der Waals surface area contributed by atoms with Gasteiger partial charge in [0.15, 0.2) is 6.10 Å². The second-order valence-electron chi connectivity index (χ2n) is 3.00. The Labute approximate surface area is 86.5 Å². The summed E-state index contributed by atoms with van der Waals surface area (Å²) < 4.78 is 4.28. The monoisotopic (exact) mass is 212 g/mol. The summed E-state index contributed by atoms with van der Waals surface area (Å²) in [5, 5.41) is 27.9. The molecule has 15 heavy (non-hydrogen) atoms. The first-order valence-corrected chi connectivity index (χ1v) is 4.29. The van der Waals surface area contributed by atoms with Crippen molar-refractivity contribution in [3.8, 4) is 5.75 Å². The van der Waals surface area contributed by atoms with Gasteiger partial charge in [-0.2, -0.15) is 0 Å². The predicted molar refractivity (Wildman–Crippen MR) is 51.1 cm³/mol. The van der Waals surface area contributed by atoms with E-state index in [4.69, 9.17) is 5.11 Å². The van der Waals surface area contributed by atoms with Gasteiger partial charge in [-0.15, -0.1) is 0 Å². The minimum Gasteiger partial charge on any atom is -0.508 e. The predicted octanol–water partition coefficient (Wildman–Crippen LogP) is -0.0405. The Kier molecular flexibility index (Phi) is 3.65. The van der Waals surface area contributed by atoms with Gasteiger partial charge >= 0.3 is 5.97 Å². The van der Waals surface area contributed by atoms with E-state index in [-0.39, 0.29) is 5.75 Å². The summed E-state index contributed by atoms with van der Waals surface area (Å²) >= 11 is 0. The summed E-state index contributed by atoms with van der Waals surface area (Å²) in [6, 6.07) is 5.52. The lowest BCUT2D eigenvalue weighted by molar-refractivity contribution is -0.156. The molecule has 0 radical (unpaired) electrons. The Morgan fingerprint density at radius 2 is 1.80 bits per heavy atom. The van der Waals surface area contributed by atoms with Crippen LogP contribution in [-0.2, 0) is 9.53 Å². The zero-order valence-corrected chi connectivity index (χ0v) is 8.12. The van der Waals surface area contributed by atoms with Gasteiger partial charge in [0.2, 0.25) is 0 Å². The van der Waals surface area contributed by atoms with Gasteiger partial charge in [-0.05, 0) is 17.7 Å². The lowest BCUT2D eigenvalue weighted by Gasteiger charge is -2.15. The van der Waals surface area contributed by atoms with Gasteiger partial charge in [-0.1, -0.05) is 12.1 Å². The van der Waals surface area contributed by atoms with Gasteiger partial charge in [0.05, 0.1) is 7.11 Å². The molecule has 5 nitrogen and oxygen atoms in total. The molecule has 2 atom stereocenters. The van der Waals surface area contributed by atoms with Crippen molar-refractivity contribution >= 4 is 5.97 Å². The third kappa shape index (κ3) is 2.68. The number of methoxy groups -OCH3 is 1. The number of carbonyl (C=O) groups is 1. The molecule has 0 fully saturated rings. The van der Waals surface area contributed by atoms with Crippen LogP contribution in [0.2, 0.25) is 0 Å². The topological polar surface area (TPSA) is 87.0 Å². The molecule has 5 heteroatoms. The third-order valence-corrected chi connectivity index (χ3v) is 1.98. The van der Waals surface area contributed by atoms with Crippen molar-refractivity contribution in [1.82, 2.24) is 0 Å². The molecule has 82 valence electrons. The van der Waals surface area contributed by atoms with Crippen molar-refractivity contribution in [3.05, 3.63) is 29.8 Å². The largest absolute Gasteiger partial charge is 0.508 e. The van der Waals surface area contributed by atoms with Crippen molar-refractivity contribution in [2.24, 2.45) is 0 Å². The number of hydrogen-bond acceptors (Lipinski definition) is 5. The van der Waals surface area contributed by atoms with Gasteiger partial charge in [-0.25, -0.2) is 4.79 Å². The maximum absolute atomic E-state index is 10.9. The normalized spacial score (nSPS) is 14.3. The zero-order valence-electron chi connectivity index (χ0n) is 8.12. The number of rotatable bonds is 3. The van der Waals surface area contributed by atoms with Crippen molar-refractivity contribution < 1.29 is 24.9 Å². The fourth-order valence-corrected chi connectivity index (χ4v) is 1.10. The van der Waals surface area contributed by atoms with Crippen molar-refractivity contribution in [3.63, 3.8) is 0 Å². The average Bonchev–Trinajstić information content (AvgIpc) is 2.27. The fraction of sp³-hybridized carbons (Fsp3) is 0.300. The Bertz CT molecular complexity index is 332. The number of esters is 1. The molecule has 0 heterocycles. The van der Waals surface area contributed by atoms with Crippen LogP contribution in [0, 0.1) is 0 Å². The van der Waals surface area contributed by atoms with Crippen molar-refractivity contribution in [1.29, 1.82) is 0 Å². The molecular formula is C10H12O5. The number of carbonyl (C=O) groups excluding carboxylic acids is 1. The Hall–Kier alpha value is -1.59. The van der Waals surface area contributed by atoms with E-state index in [1.54, 1.807) is 0 Å². The SMILES string of the molecule is COC(=O)C(O)C(O)c1ccc(O)cc1. The minimum atomic E-state index is -1.63. The number of benzene rings is 1. The van der Waals surface area contributed by atoms with Crippen LogP contribution in [-0.4, -0.2) is 34.5 Å². The van der Waals surface area contributed by atoms with E-state index < -0.39 is 18.2 Å². The Morgan fingerprint density at radius 1 is 1.27 bits per heavy atom. The maximum atomic E-state index is 10.9. The summed E-state index contributed by atoms with van der Waals surface area (Å²) in [5.74, 6) is -0.867. The first-order valence-electron chi connectivity index (χ1n) is 4.29. The number of phenolic OH excluding ortho intramolecular Hbond substituents is 1. The summed E-state index contributed by atoms with van der Waals surface area (Å²) in [5.41, 5.74) is 0.325. The van der Waals surface area contributed by atoms with Crippen LogP contribution in [0.15, 0.2) is 24.3 Å². The quantitative estimate of drug-likeness (QED) is 0.612. The van der Waals surface area contributed by atoms with E-state index in [0.717, 1.165) is 7.11 Å². The van der Waals surface area contributed by atoms with Crippen LogP contribution in [0.1, 0.15) is 11.7 Å². The Morgan fingerprint density at radius 3 is 2.27 bits per heavy atom. The average molecular weight is 212 g/mol. The molecule has 0 saturated carbocycles. The van der Waals surface area contributed by atoms with E-state index in [9.17, 15) is 15.0 Å². The molecule has 2 unspecified atom stereocenters. The molecule has 0 aliphatic heterocycles. The number of hydrogen-bond donors (Lipinski definition) is 3.